The second-order valence-electron chi connectivity index (χ2n) is 4.97. The molecule has 0 spiro atoms. The van der Waals surface area contributed by atoms with Crippen molar-refractivity contribution in [2.45, 2.75) is 18.4 Å². The third-order valence-electron chi connectivity index (χ3n) is 3.20. The van der Waals surface area contributed by atoms with Crippen LogP contribution in [0.15, 0.2) is 29.4 Å². The Morgan fingerprint density at radius 3 is 2.29 bits per heavy atom. The Hall–Kier alpha value is -3.32. The van der Waals surface area contributed by atoms with E-state index in [1.165, 1.54) is 38.6 Å². The Kier molecular flexibility index (Phi) is 7.76. The number of hydrogen-bond acceptors (Lipinski definition) is 10. The standard InChI is InChI=1S/C15H17N5O6S.H3N/c1-4-10(21)9-6-5-7-16-13(9)27(23,24)20-15(22)19-14-17-11(25-2)8-12(18-14)26-3;/h5-8H,4H2,1-3H3,(H2,17,18,19,20,22);1H3. The molecule has 5 N–H and O–H groups in total. The van der Waals surface area contributed by atoms with Gasteiger partial charge in [0.05, 0.1) is 25.8 Å². The molecule has 0 bridgehead atoms. The molecular weight excluding hydrogens is 392 g/mol. The smallest absolute Gasteiger partial charge is 0.335 e. The van der Waals surface area contributed by atoms with E-state index in [2.05, 4.69) is 20.3 Å². The van der Waals surface area contributed by atoms with Crippen LogP contribution in [0.3, 0.4) is 0 Å². The van der Waals surface area contributed by atoms with Gasteiger partial charge in [-0.25, -0.2) is 14.5 Å². The minimum absolute atomic E-state index is 0. The van der Waals surface area contributed by atoms with Crippen LogP contribution in [0.25, 0.3) is 0 Å². The molecule has 0 aliphatic rings. The lowest BCUT2D eigenvalue weighted by Crippen LogP contribution is -2.36. The summed E-state index contributed by atoms with van der Waals surface area (Å²) in [6.07, 6.45) is 1.28. The minimum atomic E-state index is -4.41. The van der Waals surface area contributed by atoms with Gasteiger partial charge in [-0.05, 0) is 12.1 Å². The Morgan fingerprint density at radius 1 is 1.14 bits per heavy atom. The summed E-state index contributed by atoms with van der Waals surface area (Å²) in [7, 11) is -1.71. The monoisotopic (exact) mass is 412 g/mol. The van der Waals surface area contributed by atoms with Crippen LogP contribution in [0, 0.1) is 0 Å². The van der Waals surface area contributed by atoms with E-state index in [0.29, 0.717) is 0 Å². The average Bonchev–Trinajstić information content (AvgIpc) is 2.66. The molecular formula is C15H20N6O6S. The number of aromatic nitrogens is 3. The van der Waals surface area contributed by atoms with Crippen LogP contribution >= 0.6 is 0 Å². The molecule has 0 saturated heterocycles. The van der Waals surface area contributed by atoms with Gasteiger partial charge in [-0.15, -0.1) is 0 Å². The van der Waals surface area contributed by atoms with Crippen molar-refractivity contribution in [2.75, 3.05) is 19.5 Å². The number of rotatable bonds is 7. The molecule has 0 aromatic carbocycles. The molecule has 12 nitrogen and oxygen atoms in total. The minimum Gasteiger partial charge on any atom is -0.481 e. The van der Waals surface area contributed by atoms with E-state index < -0.39 is 26.9 Å². The van der Waals surface area contributed by atoms with Gasteiger partial charge in [0.1, 0.15) is 0 Å². The number of amides is 2. The summed E-state index contributed by atoms with van der Waals surface area (Å²) in [5, 5.41) is 1.61. The Morgan fingerprint density at radius 2 is 1.75 bits per heavy atom. The maximum Gasteiger partial charge on any atom is 0.335 e. The number of sulfonamides is 1. The number of ether oxygens (including phenoxy) is 2. The van der Waals surface area contributed by atoms with Gasteiger partial charge in [0.2, 0.25) is 17.7 Å². The molecule has 2 aromatic rings. The number of pyridine rings is 1. The molecule has 0 unspecified atom stereocenters. The number of nitrogens with zero attached hydrogens (tertiary/aromatic N) is 3. The van der Waals surface area contributed by atoms with Crippen molar-refractivity contribution in [2.24, 2.45) is 0 Å². The second kappa shape index (κ2) is 9.57. The Balaban J connectivity index is 0.00000392. The molecule has 0 fully saturated rings. The lowest BCUT2D eigenvalue weighted by atomic mass is 10.1. The van der Waals surface area contributed by atoms with Crippen molar-refractivity contribution in [3.8, 4) is 11.8 Å². The largest absolute Gasteiger partial charge is 0.481 e. The highest BCUT2D eigenvalue weighted by Crippen LogP contribution is 2.18. The van der Waals surface area contributed by atoms with Crippen LogP contribution in [0.5, 0.6) is 11.8 Å². The normalized spacial score (nSPS) is 10.4. The van der Waals surface area contributed by atoms with Crippen LogP contribution in [-0.4, -0.2) is 49.4 Å². The fourth-order valence-corrected chi connectivity index (χ4v) is 3.04. The number of Topliss-reactive ketones (excluding diaryl/α,β-unsaturated/α-hetero) is 1. The van der Waals surface area contributed by atoms with Gasteiger partial charge in [-0.3, -0.25) is 10.1 Å². The predicted molar refractivity (Wildman–Crippen MR) is 98.4 cm³/mol. The van der Waals surface area contributed by atoms with Crippen LogP contribution in [0.2, 0.25) is 0 Å². The summed E-state index contributed by atoms with van der Waals surface area (Å²) in [5.41, 5.74) is -0.111. The molecule has 0 aliphatic heterocycles. The number of methoxy groups -OCH3 is 2. The van der Waals surface area contributed by atoms with Gasteiger partial charge in [-0.2, -0.15) is 18.4 Å². The van der Waals surface area contributed by atoms with Crippen LogP contribution < -0.4 is 25.7 Å². The van der Waals surface area contributed by atoms with Crippen molar-refractivity contribution in [1.29, 1.82) is 0 Å². The van der Waals surface area contributed by atoms with Crippen molar-refractivity contribution < 1.29 is 27.5 Å². The Bertz CT molecular complexity index is 943. The molecule has 0 atom stereocenters. The summed E-state index contributed by atoms with van der Waals surface area (Å²) in [6.45, 7) is 1.58. The van der Waals surface area contributed by atoms with Crippen LogP contribution in [0.1, 0.15) is 23.7 Å². The molecule has 2 heterocycles. The first-order chi connectivity index (χ1) is 12.8. The summed E-state index contributed by atoms with van der Waals surface area (Å²) < 4.78 is 36.5. The number of ketones is 1. The van der Waals surface area contributed by atoms with Gasteiger partial charge in [-0.1, -0.05) is 6.92 Å². The third-order valence-corrected chi connectivity index (χ3v) is 4.49. The van der Waals surface area contributed by atoms with E-state index in [1.807, 2.05) is 0 Å². The van der Waals surface area contributed by atoms with Crippen LogP contribution in [0.4, 0.5) is 10.7 Å². The predicted octanol–water partition coefficient (Wildman–Crippen LogP) is 1.15. The maximum absolute atomic E-state index is 12.4. The van der Waals surface area contributed by atoms with Crippen molar-refractivity contribution in [3.05, 3.63) is 30.0 Å². The number of carbonyl (C=O) groups excluding carboxylic acids is 2. The molecule has 13 heteroatoms. The fourth-order valence-electron chi connectivity index (χ4n) is 1.97. The first-order valence-corrected chi connectivity index (χ1v) is 9.08. The van der Waals surface area contributed by atoms with Gasteiger partial charge in [0, 0.05) is 12.6 Å². The molecule has 152 valence electrons. The summed E-state index contributed by atoms with van der Waals surface area (Å²) in [4.78, 5) is 35.4. The zero-order valence-electron chi connectivity index (χ0n) is 15.4. The summed E-state index contributed by atoms with van der Waals surface area (Å²) in [6, 6.07) is 2.97. The van der Waals surface area contributed by atoms with E-state index in [4.69, 9.17) is 9.47 Å². The van der Waals surface area contributed by atoms with Gasteiger partial charge in [0.25, 0.3) is 10.0 Å². The number of urea groups is 1. The average molecular weight is 412 g/mol. The van der Waals surface area contributed by atoms with Gasteiger partial charge >= 0.3 is 6.03 Å². The quantitative estimate of drug-likeness (QED) is 0.557. The third kappa shape index (κ3) is 5.34. The molecule has 0 aliphatic carbocycles. The van der Waals surface area contributed by atoms with Gasteiger partial charge < -0.3 is 15.6 Å². The van der Waals surface area contributed by atoms with E-state index in [-0.39, 0.29) is 35.8 Å². The maximum atomic E-state index is 12.4. The van der Waals surface area contributed by atoms with Crippen LogP contribution in [-0.2, 0) is 10.0 Å². The molecule has 2 rings (SSSR count). The van der Waals surface area contributed by atoms with E-state index in [1.54, 1.807) is 11.6 Å². The zero-order chi connectivity index (χ0) is 20.0. The molecule has 0 saturated carbocycles. The molecule has 2 aromatic heterocycles. The zero-order valence-corrected chi connectivity index (χ0v) is 16.2. The fraction of sp³-hybridized carbons (Fsp3) is 0.267. The topological polar surface area (TPSA) is 184 Å². The number of hydrogen-bond donors (Lipinski definition) is 3. The highest BCUT2D eigenvalue weighted by molar-refractivity contribution is 7.90. The van der Waals surface area contributed by atoms with E-state index >= 15 is 0 Å². The second-order valence-corrected chi connectivity index (χ2v) is 6.57. The molecule has 28 heavy (non-hydrogen) atoms. The van der Waals surface area contributed by atoms with Crippen molar-refractivity contribution in [1.82, 2.24) is 25.8 Å². The SMILES string of the molecule is CCC(=O)c1cccnc1S(=O)(=O)NC(=O)Nc1nc(OC)cc(OC)n1.N. The van der Waals surface area contributed by atoms with Crippen molar-refractivity contribution >= 4 is 27.8 Å². The lowest BCUT2D eigenvalue weighted by Gasteiger charge is -2.10. The number of nitrogens with one attached hydrogen (secondary N) is 2. The lowest BCUT2D eigenvalue weighted by molar-refractivity contribution is 0.0984. The van der Waals surface area contributed by atoms with E-state index in [0.717, 1.165) is 0 Å². The highest BCUT2D eigenvalue weighted by atomic mass is 32.2. The summed E-state index contributed by atoms with van der Waals surface area (Å²) in [5.74, 6) is -0.476. The number of carbonyl (C=O) groups is 2. The van der Waals surface area contributed by atoms with Gasteiger partial charge in [0.15, 0.2) is 10.8 Å². The highest BCUT2D eigenvalue weighted by Gasteiger charge is 2.25. The first-order valence-electron chi connectivity index (χ1n) is 7.59. The number of anilines is 1. The molecule has 0 radical (unpaired) electrons. The van der Waals surface area contributed by atoms with Crippen molar-refractivity contribution in [3.63, 3.8) is 0 Å². The molecule has 2 amide bonds. The van der Waals surface area contributed by atoms with E-state index in [9.17, 15) is 18.0 Å². The summed E-state index contributed by atoms with van der Waals surface area (Å²) >= 11 is 0. The Labute approximate surface area is 161 Å². The first kappa shape index (κ1) is 22.7.